The van der Waals surface area contributed by atoms with Gasteiger partial charge in [-0.15, -0.1) is 0 Å². The van der Waals surface area contributed by atoms with Gasteiger partial charge in [-0.25, -0.2) is 8.42 Å². The van der Waals surface area contributed by atoms with E-state index in [4.69, 9.17) is 4.74 Å². The summed E-state index contributed by atoms with van der Waals surface area (Å²) in [5.74, 6) is 0.173. The van der Waals surface area contributed by atoms with E-state index in [1.165, 1.54) is 0 Å². The lowest BCUT2D eigenvalue weighted by Gasteiger charge is -2.26. The number of nitrogens with zero attached hydrogens (tertiary/aromatic N) is 1. The first-order chi connectivity index (χ1) is 10.5. The van der Waals surface area contributed by atoms with Crippen molar-refractivity contribution in [3.8, 4) is 0 Å². The Morgan fingerprint density at radius 3 is 2.45 bits per heavy atom. The molecule has 0 bridgehead atoms. The van der Waals surface area contributed by atoms with Crippen molar-refractivity contribution < 1.29 is 17.9 Å². The summed E-state index contributed by atoms with van der Waals surface area (Å²) in [7, 11) is -3.28. The molecule has 1 aliphatic rings. The number of sulfonamides is 1. The van der Waals surface area contributed by atoms with Crippen LogP contribution < -0.4 is 4.72 Å². The van der Waals surface area contributed by atoms with Gasteiger partial charge >= 0.3 is 0 Å². The summed E-state index contributed by atoms with van der Waals surface area (Å²) < 4.78 is 31.1. The van der Waals surface area contributed by atoms with Gasteiger partial charge in [0.05, 0.1) is 25.4 Å². The second-order valence-electron chi connectivity index (χ2n) is 5.29. The molecule has 0 spiro atoms. The predicted octanol–water partition coefficient (Wildman–Crippen LogP) is 1.24. The molecular weight excluding hydrogens is 304 g/mol. The third-order valence-corrected chi connectivity index (χ3v) is 4.91. The lowest BCUT2D eigenvalue weighted by atomic mass is 10.1. The van der Waals surface area contributed by atoms with Gasteiger partial charge in [-0.1, -0.05) is 19.1 Å². The minimum absolute atomic E-state index is 0.0719. The van der Waals surface area contributed by atoms with Crippen molar-refractivity contribution in [3.63, 3.8) is 0 Å². The highest BCUT2D eigenvalue weighted by Gasteiger charge is 2.17. The van der Waals surface area contributed by atoms with Gasteiger partial charge in [-0.2, -0.15) is 0 Å². The van der Waals surface area contributed by atoms with E-state index < -0.39 is 10.0 Å². The zero-order valence-electron chi connectivity index (χ0n) is 12.7. The first kappa shape index (κ1) is 16.8. The molecule has 7 heteroatoms. The third-order valence-electron chi connectivity index (χ3n) is 3.42. The molecular formula is C15H22N2O4S. The van der Waals surface area contributed by atoms with Gasteiger partial charge in [0.25, 0.3) is 0 Å². The van der Waals surface area contributed by atoms with Crippen molar-refractivity contribution in [1.82, 2.24) is 4.90 Å². The highest BCUT2D eigenvalue weighted by atomic mass is 32.2. The molecule has 22 heavy (non-hydrogen) atoms. The van der Waals surface area contributed by atoms with Gasteiger partial charge in [0.2, 0.25) is 15.9 Å². The van der Waals surface area contributed by atoms with Crippen LogP contribution in [-0.2, 0) is 26.0 Å². The van der Waals surface area contributed by atoms with Crippen LogP contribution in [0.25, 0.3) is 0 Å². The predicted molar refractivity (Wildman–Crippen MR) is 85.2 cm³/mol. The van der Waals surface area contributed by atoms with E-state index in [1.807, 2.05) is 6.92 Å². The molecule has 0 saturated carbocycles. The highest BCUT2D eigenvalue weighted by Crippen LogP contribution is 2.13. The summed E-state index contributed by atoms with van der Waals surface area (Å²) in [5.41, 5.74) is 1.39. The van der Waals surface area contributed by atoms with Crippen LogP contribution in [0.15, 0.2) is 24.3 Å². The Hall–Kier alpha value is -1.60. The highest BCUT2D eigenvalue weighted by molar-refractivity contribution is 7.92. The average molecular weight is 326 g/mol. The number of benzene rings is 1. The summed E-state index contributed by atoms with van der Waals surface area (Å²) in [6, 6.07) is 6.94. The number of hydrogen-bond donors (Lipinski definition) is 1. The molecule has 1 fully saturated rings. The maximum Gasteiger partial charge on any atom is 0.232 e. The maximum atomic E-state index is 12.1. The third kappa shape index (κ3) is 4.99. The van der Waals surface area contributed by atoms with Crippen molar-refractivity contribution in [3.05, 3.63) is 29.8 Å². The smallest absolute Gasteiger partial charge is 0.232 e. The Morgan fingerprint density at radius 1 is 1.23 bits per heavy atom. The fourth-order valence-electron chi connectivity index (χ4n) is 2.29. The van der Waals surface area contributed by atoms with Gasteiger partial charge < -0.3 is 9.64 Å². The molecule has 0 aliphatic carbocycles. The lowest BCUT2D eigenvalue weighted by Crippen LogP contribution is -2.41. The van der Waals surface area contributed by atoms with E-state index in [0.29, 0.717) is 44.8 Å². The van der Waals surface area contributed by atoms with Crippen LogP contribution >= 0.6 is 0 Å². The van der Waals surface area contributed by atoms with Gasteiger partial charge in [-0.05, 0) is 24.1 Å². The summed E-state index contributed by atoms with van der Waals surface area (Å²) in [6.07, 6.45) is 0.892. The Morgan fingerprint density at radius 2 is 1.86 bits per heavy atom. The Kier molecular flexibility index (Phi) is 5.79. The molecule has 1 heterocycles. The molecule has 0 aromatic heterocycles. The number of ether oxygens (including phenoxy) is 1. The Labute approximate surface area is 131 Å². The largest absolute Gasteiger partial charge is 0.378 e. The summed E-state index contributed by atoms with van der Waals surface area (Å²) >= 11 is 0. The topological polar surface area (TPSA) is 75.7 Å². The van der Waals surface area contributed by atoms with Crippen LogP contribution in [-0.4, -0.2) is 51.3 Å². The number of carbonyl (C=O) groups is 1. The average Bonchev–Trinajstić information content (AvgIpc) is 2.49. The molecule has 0 unspecified atom stereocenters. The fraction of sp³-hybridized carbons (Fsp3) is 0.533. The molecule has 122 valence electrons. The Balaban J connectivity index is 1.92. The summed E-state index contributed by atoms with van der Waals surface area (Å²) in [6.45, 7) is 4.26. The first-order valence-electron chi connectivity index (χ1n) is 7.45. The molecule has 1 aromatic carbocycles. The van der Waals surface area contributed by atoms with Crippen LogP contribution in [0, 0.1) is 0 Å². The minimum Gasteiger partial charge on any atom is -0.378 e. The van der Waals surface area contributed by atoms with Crippen LogP contribution in [0.3, 0.4) is 0 Å². The summed E-state index contributed by atoms with van der Waals surface area (Å²) in [4.78, 5) is 13.9. The van der Waals surface area contributed by atoms with E-state index in [0.717, 1.165) is 5.56 Å². The van der Waals surface area contributed by atoms with Crippen molar-refractivity contribution in [1.29, 1.82) is 0 Å². The number of carbonyl (C=O) groups excluding carboxylic acids is 1. The zero-order valence-corrected chi connectivity index (χ0v) is 13.6. The van der Waals surface area contributed by atoms with Crippen LogP contribution in [0.4, 0.5) is 5.69 Å². The van der Waals surface area contributed by atoms with E-state index in [1.54, 1.807) is 29.2 Å². The van der Waals surface area contributed by atoms with E-state index in [2.05, 4.69) is 4.72 Å². The van der Waals surface area contributed by atoms with Crippen LogP contribution in [0.1, 0.15) is 18.9 Å². The monoisotopic (exact) mass is 326 g/mol. The molecule has 2 rings (SSSR count). The minimum atomic E-state index is -3.28. The quantitative estimate of drug-likeness (QED) is 0.853. The zero-order chi connectivity index (χ0) is 16.0. The number of rotatable bonds is 6. The molecule has 1 aliphatic heterocycles. The lowest BCUT2D eigenvalue weighted by molar-refractivity contribution is -0.134. The molecule has 0 atom stereocenters. The van der Waals surface area contributed by atoms with Gasteiger partial charge in [0.15, 0.2) is 0 Å². The molecule has 6 nitrogen and oxygen atoms in total. The van der Waals surface area contributed by atoms with Crippen molar-refractivity contribution in [2.75, 3.05) is 36.8 Å². The van der Waals surface area contributed by atoms with Crippen molar-refractivity contribution in [2.45, 2.75) is 19.8 Å². The number of hydrogen-bond acceptors (Lipinski definition) is 4. The number of amides is 1. The summed E-state index contributed by atoms with van der Waals surface area (Å²) in [5, 5.41) is 0. The van der Waals surface area contributed by atoms with Crippen LogP contribution in [0.5, 0.6) is 0 Å². The standard InChI is InChI=1S/C15H22N2O4S/c1-2-11-22(19,20)16-14-5-3-13(4-6-14)12-15(18)17-7-9-21-10-8-17/h3-6,16H,2,7-12H2,1H3. The van der Waals surface area contributed by atoms with E-state index in [9.17, 15) is 13.2 Å². The molecule has 1 N–H and O–H groups in total. The molecule has 1 amide bonds. The second-order valence-corrected chi connectivity index (χ2v) is 7.13. The normalized spacial score (nSPS) is 15.6. The second kappa shape index (κ2) is 7.60. The number of nitrogens with one attached hydrogen (secondary N) is 1. The van der Waals surface area contributed by atoms with Crippen molar-refractivity contribution >= 4 is 21.6 Å². The molecule has 0 radical (unpaired) electrons. The van der Waals surface area contributed by atoms with Crippen molar-refractivity contribution in [2.24, 2.45) is 0 Å². The van der Waals surface area contributed by atoms with E-state index >= 15 is 0 Å². The molecule has 1 saturated heterocycles. The maximum absolute atomic E-state index is 12.1. The van der Waals surface area contributed by atoms with Gasteiger partial charge in [0, 0.05) is 18.8 Å². The van der Waals surface area contributed by atoms with Crippen LogP contribution in [0.2, 0.25) is 0 Å². The van der Waals surface area contributed by atoms with Gasteiger partial charge in [-0.3, -0.25) is 9.52 Å². The SMILES string of the molecule is CCCS(=O)(=O)Nc1ccc(CC(=O)N2CCOCC2)cc1. The first-order valence-corrected chi connectivity index (χ1v) is 9.10. The number of morpholine rings is 1. The fourth-order valence-corrected chi connectivity index (χ4v) is 3.42. The Bertz CT molecular complexity index is 592. The van der Waals surface area contributed by atoms with E-state index in [-0.39, 0.29) is 11.7 Å². The number of anilines is 1. The van der Waals surface area contributed by atoms with Gasteiger partial charge in [0.1, 0.15) is 0 Å². The molecule has 1 aromatic rings.